The van der Waals surface area contributed by atoms with Gasteiger partial charge in [-0.2, -0.15) is 0 Å². The standard InChI is InChI=1S/C18H28N4O2/c1-13-11-22(12-14(2)24-13)17-7-6-15(9-20-17)10-21-18(23)16-5-3-4-8-19-16/h6-7,9,13-14,16,19H,3-5,8,10-12H2,1-2H3,(H,21,23). The van der Waals surface area contributed by atoms with E-state index in [2.05, 4.69) is 34.4 Å². The van der Waals surface area contributed by atoms with Gasteiger partial charge in [-0.15, -0.1) is 0 Å². The number of piperidine rings is 1. The van der Waals surface area contributed by atoms with Crippen LogP contribution < -0.4 is 15.5 Å². The molecule has 24 heavy (non-hydrogen) atoms. The van der Waals surface area contributed by atoms with Gasteiger partial charge in [0.15, 0.2) is 0 Å². The van der Waals surface area contributed by atoms with Crippen molar-refractivity contribution in [2.75, 3.05) is 24.5 Å². The lowest BCUT2D eigenvalue weighted by molar-refractivity contribution is -0.123. The van der Waals surface area contributed by atoms with Gasteiger partial charge in [0.1, 0.15) is 5.82 Å². The van der Waals surface area contributed by atoms with Gasteiger partial charge in [0, 0.05) is 25.8 Å². The Labute approximate surface area is 144 Å². The molecule has 0 radical (unpaired) electrons. The van der Waals surface area contributed by atoms with Crippen LogP contribution in [0.4, 0.5) is 5.82 Å². The van der Waals surface area contributed by atoms with Gasteiger partial charge in [0.05, 0.1) is 18.2 Å². The lowest BCUT2D eigenvalue weighted by atomic mass is 10.0. The van der Waals surface area contributed by atoms with Crippen LogP contribution in [0.15, 0.2) is 18.3 Å². The quantitative estimate of drug-likeness (QED) is 0.874. The lowest BCUT2D eigenvalue weighted by Gasteiger charge is -2.36. The van der Waals surface area contributed by atoms with Crippen LogP contribution in [-0.4, -0.2) is 48.8 Å². The highest BCUT2D eigenvalue weighted by Gasteiger charge is 2.23. The Bertz CT molecular complexity index is 532. The van der Waals surface area contributed by atoms with Crippen molar-refractivity contribution in [2.24, 2.45) is 0 Å². The zero-order valence-corrected chi connectivity index (χ0v) is 14.6. The van der Waals surface area contributed by atoms with Crippen molar-refractivity contribution in [1.29, 1.82) is 0 Å². The van der Waals surface area contributed by atoms with Crippen molar-refractivity contribution in [1.82, 2.24) is 15.6 Å². The number of rotatable bonds is 4. The van der Waals surface area contributed by atoms with E-state index < -0.39 is 0 Å². The zero-order chi connectivity index (χ0) is 16.9. The van der Waals surface area contributed by atoms with Gasteiger partial charge < -0.3 is 20.3 Å². The molecule has 1 aromatic rings. The molecule has 2 fully saturated rings. The van der Waals surface area contributed by atoms with Crippen molar-refractivity contribution >= 4 is 11.7 Å². The van der Waals surface area contributed by atoms with Crippen LogP contribution in [0.25, 0.3) is 0 Å². The second-order valence-electron chi connectivity index (χ2n) is 6.91. The third kappa shape index (κ3) is 4.45. The summed E-state index contributed by atoms with van der Waals surface area (Å²) in [5.41, 5.74) is 1.03. The second kappa shape index (κ2) is 7.94. The van der Waals surface area contributed by atoms with E-state index in [9.17, 15) is 4.79 Å². The van der Waals surface area contributed by atoms with Crippen LogP contribution in [0.3, 0.4) is 0 Å². The van der Waals surface area contributed by atoms with Crippen LogP contribution in [-0.2, 0) is 16.1 Å². The summed E-state index contributed by atoms with van der Waals surface area (Å²) in [4.78, 5) is 19.0. The van der Waals surface area contributed by atoms with E-state index in [0.29, 0.717) is 6.54 Å². The van der Waals surface area contributed by atoms with Crippen LogP contribution in [0.2, 0.25) is 0 Å². The fourth-order valence-corrected chi connectivity index (χ4v) is 3.46. The maximum absolute atomic E-state index is 12.1. The molecule has 0 aliphatic carbocycles. The second-order valence-corrected chi connectivity index (χ2v) is 6.91. The number of ether oxygens (including phenoxy) is 1. The smallest absolute Gasteiger partial charge is 0.237 e. The number of amides is 1. The van der Waals surface area contributed by atoms with Crippen LogP contribution >= 0.6 is 0 Å². The minimum Gasteiger partial charge on any atom is -0.372 e. The van der Waals surface area contributed by atoms with E-state index in [1.807, 2.05) is 18.3 Å². The summed E-state index contributed by atoms with van der Waals surface area (Å²) in [5, 5.41) is 6.28. The molecule has 2 aliphatic rings. The Kier molecular flexibility index (Phi) is 5.68. The molecule has 1 amide bonds. The van der Waals surface area contributed by atoms with Gasteiger partial charge >= 0.3 is 0 Å². The fourth-order valence-electron chi connectivity index (χ4n) is 3.46. The van der Waals surface area contributed by atoms with Crippen molar-refractivity contribution in [3.8, 4) is 0 Å². The third-order valence-electron chi connectivity index (χ3n) is 4.65. The first-order valence-electron chi connectivity index (χ1n) is 8.98. The third-order valence-corrected chi connectivity index (χ3v) is 4.65. The SMILES string of the molecule is CC1CN(c2ccc(CNC(=O)C3CCCCN3)cn2)CC(C)O1. The molecule has 132 valence electrons. The highest BCUT2D eigenvalue weighted by Crippen LogP contribution is 2.18. The maximum Gasteiger partial charge on any atom is 0.237 e. The topological polar surface area (TPSA) is 66.5 Å². The average Bonchev–Trinajstić information content (AvgIpc) is 2.60. The first-order chi connectivity index (χ1) is 11.6. The largest absolute Gasteiger partial charge is 0.372 e. The average molecular weight is 332 g/mol. The number of hydrogen-bond acceptors (Lipinski definition) is 5. The van der Waals surface area contributed by atoms with Crippen molar-refractivity contribution in [3.63, 3.8) is 0 Å². The number of carbonyl (C=O) groups excluding carboxylic acids is 1. The van der Waals surface area contributed by atoms with E-state index in [1.165, 1.54) is 0 Å². The Morgan fingerprint density at radius 2 is 2.12 bits per heavy atom. The molecule has 6 nitrogen and oxygen atoms in total. The number of carbonyl (C=O) groups is 1. The summed E-state index contributed by atoms with van der Waals surface area (Å²) < 4.78 is 5.76. The predicted molar refractivity (Wildman–Crippen MR) is 93.9 cm³/mol. The molecule has 2 aliphatic heterocycles. The highest BCUT2D eigenvalue weighted by molar-refractivity contribution is 5.81. The normalized spacial score (nSPS) is 27.8. The first-order valence-corrected chi connectivity index (χ1v) is 8.98. The molecule has 0 aromatic carbocycles. The Morgan fingerprint density at radius 3 is 2.75 bits per heavy atom. The minimum atomic E-state index is -0.0395. The monoisotopic (exact) mass is 332 g/mol. The van der Waals surface area contributed by atoms with Crippen LogP contribution in [0.5, 0.6) is 0 Å². The minimum absolute atomic E-state index is 0.0395. The molecule has 0 saturated carbocycles. The van der Waals surface area contributed by atoms with Gasteiger partial charge in [0.25, 0.3) is 0 Å². The summed E-state index contributed by atoms with van der Waals surface area (Å²) in [7, 11) is 0. The molecule has 3 rings (SSSR count). The van der Waals surface area contributed by atoms with Crippen molar-refractivity contribution < 1.29 is 9.53 Å². The number of hydrogen-bond donors (Lipinski definition) is 2. The number of pyridine rings is 1. The Hall–Kier alpha value is -1.66. The molecule has 3 unspecified atom stereocenters. The van der Waals surface area contributed by atoms with E-state index in [4.69, 9.17) is 4.74 Å². The Morgan fingerprint density at radius 1 is 1.33 bits per heavy atom. The molecule has 3 atom stereocenters. The molecular weight excluding hydrogens is 304 g/mol. The van der Waals surface area contributed by atoms with Crippen LogP contribution in [0, 0.1) is 0 Å². The highest BCUT2D eigenvalue weighted by atomic mass is 16.5. The van der Waals surface area contributed by atoms with Gasteiger partial charge in [0.2, 0.25) is 5.91 Å². The number of anilines is 1. The number of nitrogens with zero attached hydrogens (tertiary/aromatic N) is 2. The summed E-state index contributed by atoms with van der Waals surface area (Å²) in [6.45, 7) is 7.37. The van der Waals surface area contributed by atoms with Gasteiger partial charge in [-0.3, -0.25) is 4.79 Å². The number of nitrogens with one attached hydrogen (secondary N) is 2. The zero-order valence-electron chi connectivity index (χ0n) is 14.6. The summed E-state index contributed by atoms with van der Waals surface area (Å²) in [6, 6.07) is 4.04. The summed E-state index contributed by atoms with van der Waals surface area (Å²) in [6.07, 6.45) is 5.51. The molecule has 3 heterocycles. The lowest BCUT2D eigenvalue weighted by Crippen LogP contribution is -2.46. The van der Waals surface area contributed by atoms with Gasteiger partial charge in [-0.25, -0.2) is 4.98 Å². The van der Waals surface area contributed by atoms with Crippen molar-refractivity contribution in [2.45, 2.75) is 57.9 Å². The van der Waals surface area contributed by atoms with E-state index >= 15 is 0 Å². The molecule has 0 spiro atoms. The molecule has 6 heteroatoms. The molecular formula is C18H28N4O2. The van der Waals surface area contributed by atoms with Crippen molar-refractivity contribution in [3.05, 3.63) is 23.9 Å². The molecule has 2 saturated heterocycles. The van der Waals surface area contributed by atoms with Crippen LogP contribution in [0.1, 0.15) is 38.7 Å². The number of morpholine rings is 1. The molecule has 1 aromatic heterocycles. The van der Waals surface area contributed by atoms with E-state index in [1.54, 1.807) is 0 Å². The molecule has 0 bridgehead atoms. The summed E-state index contributed by atoms with van der Waals surface area (Å²) >= 11 is 0. The fraction of sp³-hybridized carbons (Fsp3) is 0.667. The Balaban J connectivity index is 1.51. The summed E-state index contributed by atoms with van der Waals surface area (Å²) in [5.74, 6) is 1.07. The number of aromatic nitrogens is 1. The van der Waals surface area contributed by atoms with Gasteiger partial charge in [-0.1, -0.05) is 12.5 Å². The van der Waals surface area contributed by atoms with Gasteiger partial charge in [-0.05, 0) is 44.9 Å². The van der Waals surface area contributed by atoms with E-state index in [0.717, 1.165) is 50.3 Å². The first kappa shape index (κ1) is 17.2. The maximum atomic E-state index is 12.1. The van der Waals surface area contributed by atoms with E-state index in [-0.39, 0.29) is 24.2 Å². The molecule has 2 N–H and O–H groups in total. The predicted octanol–water partition coefficient (Wildman–Crippen LogP) is 1.45.